The molecule has 1 saturated heterocycles. The first kappa shape index (κ1) is 25.9. The first-order valence-electron chi connectivity index (χ1n) is 11.9. The molecule has 1 N–H and O–H groups in total. The van der Waals surface area contributed by atoms with Crippen LogP contribution < -0.4 is 0 Å². The summed E-state index contributed by atoms with van der Waals surface area (Å²) in [6.45, 7) is 5.90. The molecule has 1 amide bonds. The average Bonchev–Trinajstić information content (AvgIpc) is 2.83. The van der Waals surface area contributed by atoms with Crippen molar-refractivity contribution < 1.29 is 23.1 Å². The molecule has 1 aromatic heterocycles. The first-order chi connectivity index (χ1) is 16.9. The Morgan fingerprint density at radius 1 is 1.08 bits per heavy atom. The Balaban J connectivity index is 1.51. The van der Waals surface area contributed by atoms with Gasteiger partial charge < -0.3 is 14.7 Å². The van der Waals surface area contributed by atoms with Gasteiger partial charge in [-0.3, -0.25) is 4.98 Å². The quantitative estimate of drug-likeness (QED) is 0.476. The van der Waals surface area contributed by atoms with Gasteiger partial charge in [-0.05, 0) is 44.0 Å². The Kier molecular flexibility index (Phi) is 6.94. The van der Waals surface area contributed by atoms with Crippen LogP contribution in [0.25, 0.3) is 11.3 Å². The third-order valence-corrected chi connectivity index (χ3v) is 7.71. The molecular formula is C28H32N2O5S. The fourth-order valence-corrected chi connectivity index (χ4v) is 5.33. The van der Waals surface area contributed by atoms with Crippen LogP contribution in [0.2, 0.25) is 0 Å². The van der Waals surface area contributed by atoms with Crippen LogP contribution >= 0.6 is 0 Å². The molecule has 1 aliphatic rings. The van der Waals surface area contributed by atoms with E-state index in [0.29, 0.717) is 25.1 Å². The summed E-state index contributed by atoms with van der Waals surface area (Å²) < 4.78 is 29.4. The van der Waals surface area contributed by atoms with Crippen molar-refractivity contribution in [3.05, 3.63) is 84.1 Å². The summed E-state index contributed by atoms with van der Waals surface area (Å²) in [4.78, 5) is 19.4. The van der Waals surface area contributed by atoms with E-state index < -0.39 is 27.1 Å². The van der Waals surface area contributed by atoms with Gasteiger partial charge in [0.2, 0.25) is 0 Å². The van der Waals surface area contributed by atoms with Gasteiger partial charge in [0.25, 0.3) is 0 Å². The summed E-state index contributed by atoms with van der Waals surface area (Å²) in [5.74, 6) is 0. The fourth-order valence-electron chi connectivity index (χ4n) is 4.77. The molecule has 2 atom stereocenters. The van der Waals surface area contributed by atoms with E-state index in [2.05, 4.69) is 4.98 Å². The van der Waals surface area contributed by atoms with Crippen molar-refractivity contribution in [3.63, 3.8) is 0 Å². The third kappa shape index (κ3) is 5.60. The minimum absolute atomic E-state index is 0.177. The molecule has 2 aromatic carbocycles. The molecule has 0 bridgehead atoms. The van der Waals surface area contributed by atoms with Gasteiger partial charge in [-0.15, -0.1) is 0 Å². The maximum absolute atomic E-state index is 13.2. The van der Waals surface area contributed by atoms with Crippen molar-refractivity contribution in [2.45, 2.75) is 55.8 Å². The number of aromatic nitrogens is 1. The van der Waals surface area contributed by atoms with Crippen LogP contribution in [-0.4, -0.2) is 47.9 Å². The lowest BCUT2D eigenvalue weighted by Gasteiger charge is -2.45. The number of sulfone groups is 1. The normalized spacial score (nSPS) is 19.6. The Labute approximate surface area is 212 Å². The van der Waals surface area contributed by atoms with Crippen molar-refractivity contribution in [3.8, 4) is 11.3 Å². The van der Waals surface area contributed by atoms with E-state index >= 15 is 0 Å². The summed E-state index contributed by atoms with van der Waals surface area (Å²) in [6, 6.07) is 20.3. The lowest BCUT2D eigenvalue weighted by Crippen LogP contribution is -2.51. The van der Waals surface area contributed by atoms with Crippen molar-refractivity contribution in [2.75, 3.05) is 12.8 Å². The molecule has 4 rings (SSSR count). The molecule has 3 aromatic rings. The zero-order valence-corrected chi connectivity index (χ0v) is 21.8. The molecule has 1 fully saturated rings. The van der Waals surface area contributed by atoms with Crippen LogP contribution in [-0.2, 0) is 20.2 Å². The number of hydrogen-bond donors (Lipinski definition) is 1. The lowest BCUT2D eigenvalue weighted by molar-refractivity contribution is -0.101. The number of carbonyl (C=O) groups excluding carboxylic acids is 1. The number of carbonyl (C=O) groups is 1. The van der Waals surface area contributed by atoms with Crippen molar-refractivity contribution in [1.29, 1.82) is 0 Å². The van der Waals surface area contributed by atoms with Gasteiger partial charge in [0, 0.05) is 37.4 Å². The first-order valence-corrected chi connectivity index (χ1v) is 13.8. The minimum Gasteiger partial charge on any atom is -0.438 e. The number of cyclic esters (lactones) is 1. The maximum Gasteiger partial charge on any atom is 0.411 e. The van der Waals surface area contributed by atoms with Crippen LogP contribution in [0, 0.1) is 0 Å². The van der Waals surface area contributed by atoms with Gasteiger partial charge in [-0.25, -0.2) is 13.2 Å². The molecule has 0 unspecified atom stereocenters. The van der Waals surface area contributed by atoms with Crippen molar-refractivity contribution in [1.82, 2.24) is 9.88 Å². The summed E-state index contributed by atoms with van der Waals surface area (Å²) in [5.41, 5.74) is 1.44. The smallest absolute Gasteiger partial charge is 0.411 e. The predicted octanol–water partition coefficient (Wildman–Crippen LogP) is 5.11. The fraction of sp³-hybridized carbons (Fsp3) is 0.357. The van der Waals surface area contributed by atoms with E-state index in [1.807, 2.05) is 61.5 Å². The summed E-state index contributed by atoms with van der Waals surface area (Å²) in [7, 11) is -3.30. The number of nitrogens with zero attached hydrogens (tertiary/aromatic N) is 2. The summed E-state index contributed by atoms with van der Waals surface area (Å²) >= 11 is 0. The molecule has 36 heavy (non-hydrogen) atoms. The van der Waals surface area contributed by atoms with E-state index in [1.165, 1.54) is 6.20 Å². The monoisotopic (exact) mass is 508 g/mol. The average molecular weight is 509 g/mol. The van der Waals surface area contributed by atoms with Crippen LogP contribution in [0.3, 0.4) is 0 Å². The molecule has 190 valence electrons. The van der Waals surface area contributed by atoms with E-state index in [4.69, 9.17) is 4.74 Å². The molecule has 0 saturated carbocycles. The highest BCUT2D eigenvalue weighted by molar-refractivity contribution is 7.90. The Morgan fingerprint density at radius 3 is 2.28 bits per heavy atom. The Hall–Kier alpha value is -3.23. The zero-order chi connectivity index (χ0) is 26.1. The molecule has 2 heterocycles. The number of ether oxygens (including phenoxy) is 1. The second-order valence-corrected chi connectivity index (χ2v) is 12.1. The van der Waals surface area contributed by atoms with Gasteiger partial charge in [0.05, 0.1) is 22.2 Å². The standard InChI is InChI=1S/C28H32N2O5S/c1-20(21-10-12-22(13-11-21)25-15-14-24(18-29-25)36(4,33)34)30-17-16-28(35-26(30)31,19-27(2,3)32)23-8-6-5-7-9-23/h5-15,18,20,32H,16-17,19H2,1-4H3/t20-,28-/m0/s1. The van der Waals surface area contributed by atoms with Gasteiger partial charge >= 0.3 is 6.09 Å². The topological polar surface area (TPSA) is 96.8 Å². The van der Waals surface area contributed by atoms with Crippen LogP contribution in [0.4, 0.5) is 4.79 Å². The molecule has 0 aliphatic carbocycles. The summed E-state index contributed by atoms with van der Waals surface area (Å²) in [5, 5.41) is 10.6. The molecule has 0 radical (unpaired) electrons. The minimum atomic E-state index is -3.30. The highest BCUT2D eigenvalue weighted by Crippen LogP contribution is 2.42. The number of aliphatic hydroxyl groups is 1. The van der Waals surface area contributed by atoms with Crippen molar-refractivity contribution >= 4 is 15.9 Å². The van der Waals surface area contributed by atoms with Crippen LogP contribution in [0.15, 0.2) is 77.8 Å². The molecule has 0 spiro atoms. The van der Waals surface area contributed by atoms with E-state index in [9.17, 15) is 18.3 Å². The zero-order valence-electron chi connectivity index (χ0n) is 21.0. The predicted molar refractivity (Wildman–Crippen MR) is 138 cm³/mol. The van der Waals surface area contributed by atoms with E-state index in [1.54, 1.807) is 30.9 Å². The second-order valence-electron chi connectivity index (χ2n) is 10.1. The van der Waals surface area contributed by atoms with E-state index in [-0.39, 0.29) is 10.9 Å². The number of benzene rings is 2. The largest absolute Gasteiger partial charge is 0.438 e. The third-order valence-electron chi connectivity index (χ3n) is 6.61. The number of pyridine rings is 1. The Bertz CT molecular complexity index is 1320. The SMILES string of the molecule is C[C@@H](c1ccc(-c2ccc(S(C)(=O)=O)cn2)cc1)N1CC[C@](CC(C)(C)O)(c2ccccc2)OC1=O. The highest BCUT2D eigenvalue weighted by Gasteiger charge is 2.46. The number of hydrogen-bond acceptors (Lipinski definition) is 6. The highest BCUT2D eigenvalue weighted by atomic mass is 32.2. The lowest BCUT2D eigenvalue weighted by atomic mass is 9.80. The second kappa shape index (κ2) is 9.67. The van der Waals surface area contributed by atoms with Crippen molar-refractivity contribution in [2.24, 2.45) is 0 Å². The van der Waals surface area contributed by atoms with Crippen LogP contribution in [0.1, 0.15) is 50.8 Å². The number of rotatable bonds is 7. The van der Waals surface area contributed by atoms with Gasteiger partial charge in [0.1, 0.15) is 5.60 Å². The van der Waals surface area contributed by atoms with E-state index in [0.717, 1.165) is 22.9 Å². The molecule has 8 heteroatoms. The molecular weight excluding hydrogens is 476 g/mol. The van der Waals surface area contributed by atoms with Gasteiger partial charge in [0.15, 0.2) is 9.84 Å². The van der Waals surface area contributed by atoms with Gasteiger partial charge in [-0.1, -0.05) is 54.6 Å². The summed E-state index contributed by atoms with van der Waals surface area (Å²) in [6.07, 6.45) is 2.96. The molecule has 1 aliphatic heterocycles. The molecule has 7 nitrogen and oxygen atoms in total. The Morgan fingerprint density at radius 2 is 1.75 bits per heavy atom. The number of amides is 1. The maximum atomic E-state index is 13.2. The van der Waals surface area contributed by atoms with Gasteiger partial charge in [-0.2, -0.15) is 0 Å². The van der Waals surface area contributed by atoms with Crippen LogP contribution in [0.5, 0.6) is 0 Å².